The van der Waals surface area contributed by atoms with Gasteiger partial charge in [0, 0.05) is 11.8 Å². The lowest BCUT2D eigenvalue weighted by molar-refractivity contribution is -0.160. The van der Waals surface area contributed by atoms with E-state index in [1.165, 1.54) is 0 Å². The van der Waals surface area contributed by atoms with Crippen LogP contribution in [0.15, 0.2) is 12.2 Å². The molecule has 5 rings (SSSR count). The molecule has 8 atom stereocenters. The van der Waals surface area contributed by atoms with Gasteiger partial charge in [0.2, 0.25) is 0 Å². The molecule has 5 aliphatic rings. The highest BCUT2D eigenvalue weighted by Gasteiger charge is 2.80. The van der Waals surface area contributed by atoms with E-state index < -0.39 is 29.4 Å². The standard InChI is InChI=1S/C14H14O5/c1-13-4-3-5(18-13)7-9(13)10-6-8(14(7,2)19-10)12(16)17-11(6)15/h3-10H,1-2H3. The SMILES string of the molecule is CC12C=CC(O1)C1C2C2OC1(C)C1C(=O)OC(=O)C21. The van der Waals surface area contributed by atoms with Crippen LogP contribution in [0.2, 0.25) is 0 Å². The summed E-state index contributed by atoms with van der Waals surface area (Å²) in [6, 6.07) is 0. The van der Waals surface area contributed by atoms with Gasteiger partial charge in [-0.05, 0) is 13.8 Å². The summed E-state index contributed by atoms with van der Waals surface area (Å²) in [5.41, 5.74) is -0.995. The van der Waals surface area contributed by atoms with Gasteiger partial charge in [-0.15, -0.1) is 0 Å². The lowest BCUT2D eigenvalue weighted by Gasteiger charge is -2.38. The summed E-state index contributed by atoms with van der Waals surface area (Å²) >= 11 is 0. The van der Waals surface area contributed by atoms with E-state index in [1.54, 1.807) is 0 Å². The molecule has 100 valence electrons. The Morgan fingerprint density at radius 2 is 1.89 bits per heavy atom. The van der Waals surface area contributed by atoms with Crippen LogP contribution in [0.1, 0.15) is 13.8 Å². The Kier molecular flexibility index (Phi) is 1.47. The van der Waals surface area contributed by atoms with Gasteiger partial charge in [-0.2, -0.15) is 0 Å². The largest absolute Gasteiger partial charge is 0.393 e. The molecule has 0 amide bonds. The average Bonchev–Trinajstić information content (AvgIpc) is 3.03. The van der Waals surface area contributed by atoms with Crippen LogP contribution in [-0.2, 0) is 23.8 Å². The smallest absolute Gasteiger partial charge is 0.320 e. The number of rotatable bonds is 0. The van der Waals surface area contributed by atoms with Crippen LogP contribution in [0, 0.1) is 23.7 Å². The third-order valence-electron chi connectivity index (χ3n) is 5.87. The zero-order chi connectivity index (χ0) is 13.2. The molecule has 0 aromatic heterocycles. The molecule has 19 heavy (non-hydrogen) atoms. The Labute approximate surface area is 109 Å². The number of ether oxygens (including phenoxy) is 3. The van der Waals surface area contributed by atoms with Crippen molar-refractivity contribution < 1.29 is 23.8 Å². The summed E-state index contributed by atoms with van der Waals surface area (Å²) < 4.78 is 17.0. The van der Waals surface area contributed by atoms with Crippen molar-refractivity contribution >= 4 is 11.9 Å². The molecule has 0 aliphatic carbocycles. The van der Waals surface area contributed by atoms with Crippen molar-refractivity contribution in [2.45, 2.75) is 37.3 Å². The van der Waals surface area contributed by atoms with Crippen molar-refractivity contribution in [2.75, 3.05) is 0 Å². The van der Waals surface area contributed by atoms with Crippen LogP contribution in [-0.4, -0.2) is 35.3 Å². The lowest BCUT2D eigenvalue weighted by Crippen LogP contribution is -2.52. The molecule has 0 radical (unpaired) electrons. The topological polar surface area (TPSA) is 61.8 Å². The number of carbonyl (C=O) groups excluding carboxylic acids is 2. The highest BCUT2D eigenvalue weighted by molar-refractivity contribution is 5.98. The molecule has 4 fully saturated rings. The van der Waals surface area contributed by atoms with E-state index in [-0.39, 0.29) is 29.6 Å². The van der Waals surface area contributed by atoms with Gasteiger partial charge < -0.3 is 14.2 Å². The third kappa shape index (κ3) is 0.876. The van der Waals surface area contributed by atoms with E-state index >= 15 is 0 Å². The van der Waals surface area contributed by atoms with Gasteiger partial charge in [0.25, 0.3) is 0 Å². The highest BCUT2D eigenvalue weighted by Crippen LogP contribution is 2.68. The molecule has 0 aromatic carbocycles. The van der Waals surface area contributed by atoms with E-state index in [0.717, 1.165) is 0 Å². The molecule has 4 saturated heterocycles. The van der Waals surface area contributed by atoms with E-state index in [4.69, 9.17) is 14.2 Å². The van der Waals surface area contributed by atoms with Crippen molar-refractivity contribution in [3.05, 3.63) is 12.2 Å². The number of hydrogen-bond donors (Lipinski definition) is 0. The average molecular weight is 262 g/mol. The monoisotopic (exact) mass is 262 g/mol. The van der Waals surface area contributed by atoms with Crippen molar-refractivity contribution in [3.63, 3.8) is 0 Å². The van der Waals surface area contributed by atoms with Gasteiger partial charge >= 0.3 is 11.9 Å². The van der Waals surface area contributed by atoms with Crippen molar-refractivity contribution in [3.8, 4) is 0 Å². The van der Waals surface area contributed by atoms with Gasteiger partial charge in [-0.25, -0.2) is 0 Å². The zero-order valence-corrected chi connectivity index (χ0v) is 10.7. The molecule has 5 nitrogen and oxygen atoms in total. The Hall–Kier alpha value is -1.20. The molecule has 5 heterocycles. The van der Waals surface area contributed by atoms with Gasteiger partial charge in [0.05, 0.1) is 23.4 Å². The molecule has 8 unspecified atom stereocenters. The van der Waals surface area contributed by atoms with E-state index in [1.807, 2.05) is 13.8 Å². The minimum Gasteiger partial charge on any atom is -0.393 e. The second-order valence-electron chi connectivity index (χ2n) is 6.69. The molecule has 5 aliphatic heterocycles. The Morgan fingerprint density at radius 1 is 1.11 bits per heavy atom. The second-order valence-corrected chi connectivity index (χ2v) is 6.69. The van der Waals surface area contributed by atoms with Crippen LogP contribution in [0.5, 0.6) is 0 Å². The van der Waals surface area contributed by atoms with Gasteiger partial charge in [0.1, 0.15) is 11.8 Å². The van der Waals surface area contributed by atoms with Crippen LogP contribution in [0.25, 0.3) is 0 Å². The molecule has 4 bridgehead atoms. The Bertz CT molecular complexity index is 568. The highest BCUT2D eigenvalue weighted by atomic mass is 16.6. The predicted octanol–water partition coefficient (Wildman–Crippen LogP) is 0.433. The Balaban J connectivity index is 1.70. The van der Waals surface area contributed by atoms with Crippen LogP contribution >= 0.6 is 0 Å². The maximum atomic E-state index is 12.0. The fourth-order valence-electron chi connectivity index (χ4n) is 5.26. The molecular formula is C14H14O5. The quantitative estimate of drug-likeness (QED) is 0.360. The fraction of sp³-hybridized carbons (Fsp3) is 0.714. The van der Waals surface area contributed by atoms with Gasteiger partial charge in [-0.3, -0.25) is 9.59 Å². The van der Waals surface area contributed by atoms with E-state index in [2.05, 4.69) is 12.2 Å². The molecule has 5 heteroatoms. The van der Waals surface area contributed by atoms with E-state index in [9.17, 15) is 9.59 Å². The van der Waals surface area contributed by atoms with Crippen molar-refractivity contribution in [1.82, 2.24) is 0 Å². The molecule has 0 spiro atoms. The van der Waals surface area contributed by atoms with E-state index in [0.29, 0.717) is 0 Å². The zero-order valence-electron chi connectivity index (χ0n) is 10.7. The van der Waals surface area contributed by atoms with Gasteiger partial charge in [0.15, 0.2) is 0 Å². The maximum Gasteiger partial charge on any atom is 0.320 e. The molecule has 0 N–H and O–H groups in total. The third-order valence-corrected chi connectivity index (χ3v) is 5.87. The minimum absolute atomic E-state index is 0.00514. The Morgan fingerprint density at radius 3 is 2.68 bits per heavy atom. The number of esters is 2. The summed E-state index contributed by atoms with van der Waals surface area (Å²) in [6.07, 6.45) is 3.88. The minimum atomic E-state index is -0.629. The first kappa shape index (κ1) is 10.6. The molecule has 0 saturated carbocycles. The summed E-state index contributed by atoms with van der Waals surface area (Å²) in [5, 5.41) is 0. The van der Waals surface area contributed by atoms with Crippen molar-refractivity contribution in [2.24, 2.45) is 23.7 Å². The van der Waals surface area contributed by atoms with Crippen LogP contribution in [0.3, 0.4) is 0 Å². The maximum absolute atomic E-state index is 12.0. The number of hydrogen-bond acceptors (Lipinski definition) is 5. The number of fused-ring (bicyclic) bond motifs is 12. The first-order valence-electron chi connectivity index (χ1n) is 6.76. The number of cyclic esters (lactones) is 2. The first-order valence-corrected chi connectivity index (χ1v) is 6.76. The lowest BCUT2D eigenvalue weighted by atomic mass is 9.58. The summed E-state index contributed by atoms with van der Waals surface area (Å²) in [7, 11) is 0. The predicted molar refractivity (Wildman–Crippen MR) is 60.8 cm³/mol. The second kappa shape index (κ2) is 2.65. The van der Waals surface area contributed by atoms with Crippen molar-refractivity contribution in [1.29, 1.82) is 0 Å². The van der Waals surface area contributed by atoms with Gasteiger partial charge in [-0.1, -0.05) is 12.2 Å². The number of carbonyl (C=O) groups is 2. The summed E-state index contributed by atoms with van der Waals surface area (Å²) in [5.74, 6) is -1.44. The summed E-state index contributed by atoms with van der Waals surface area (Å²) in [6.45, 7) is 3.98. The first-order chi connectivity index (χ1) is 8.96. The molecule has 0 aromatic rings. The normalized spacial score (nSPS) is 63.7. The summed E-state index contributed by atoms with van der Waals surface area (Å²) in [4.78, 5) is 23.9. The van der Waals surface area contributed by atoms with Crippen LogP contribution < -0.4 is 0 Å². The molecular weight excluding hydrogens is 248 g/mol. The fourth-order valence-corrected chi connectivity index (χ4v) is 5.26. The van der Waals surface area contributed by atoms with Crippen LogP contribution in [0.4, 0.5) is 0 Å².